The van der Waals surface area contributed by atoms with Crippen LogP contribution in [0.25, 0.3) is 0 Å². The second-order valence-electron chi connectivity index (χ2n) is 6.90. The molecule has 24 heavy (non-hydrogen) atoms. The molecule has 1 unspecified atom stereocenters. The number of rotatable bonds is 5. The smallest absolute Gasteiger partial charge is 0.272 e. The lowest BCUT2D eigenvalue weighted by molar-refractivity contribution is 0.0749. The maximum atomic E-state index is 12.9. The second-order valence-corrected chi connectivity index (χ2v) is 6.90. The third kappa shape index (κ3) is 3.16. The van der Waals surface area contributed by atoms with E-state index in [2.05, 4.69) is 12.0 Å². The fourth-order valence-electron chi connectivity index (χ4n) is 3.20. The molecule has 1 aromatic carbocycles. The molecule has 1 fully saturated rings. The van der Waals surface area contributed by atoms with E-state index in [0.717, 1.165) is 31.0 Å². The zero-order valence-corrected chi connectivity index (χ0v) is 14.0. The van der Waals surface area contributed by atoms with Crippen LogP contribution in [0.3, 0.4) is 0 Å². The molecule has 1 saturated carbocycles. The zero-order valence-electron chi connectivity index (χ0n) is 14.0. The molecule has 0 spiro atoms. The first-order valence-corrected chi connectivity index (χ1v) is 8.76. The van der Waals surface area contributed by atoms with Crippen molar-refractivity contribution in [2.24, 2.45) is 5.92 Å². The van der Waals surface area contributed by atoms with Gasteiger partial charge in [-0.1, -0.05) is 18.2 Å². The first-order chi connectivity index (χ1) is 11.7. The van der Waals surface area contributed by atoms with Gasteiger partial charge in [-0.2, -0.15) is 5.10 Å². The Morgan fingerprint density at radius 3 is 2.75 bits per heavy atom. The van der Waals surface area contributed by atoms with E-state index in [4.69, 9.17) is 4.74 Å². The van der Waals surface area contributed by atoms with Crippen molar-refractivity contribution in [3.63, 3.8) is 0 Å². The van der Waals surface area contributed by atoms with Crippen LogP contribution in [0.5, 0.6) is 5.75 Å². The molecule has 1 aliphatic heterocycles. The minimum Gasteiger partial charge on any atom is -0.487 e. The number of ether oxygens (including phenoxy) is 1. The highest BCUT2D eigenvalue weighted by Gasteiger charge is 2.32. The molecule has 2 heterocycles. The molecule has 1 aliphatic carbocycles. The molecule has 126 valence electrons. The Bertz CT molecular complexity index is 721. The van der Waals surface area contributed by atoms with Gasteiger partial charge >= 0.3 is 0 Å². The van der Waals surface area contributed by atoms with Crippen molar-refractivity contribution in [1.82, 2.24) is 14.7 Å². The molecule has 5 nitrogen and oxygen atoms in total. The van der Waals surface area contributed by atoms with Crippen molar-refractivity contribution < 1.29 is 9.53 Å². The molecular weight excluding hydrogens is 302 g/mol. The first kappa shape index (κ1) is 15.2. The lowest BCUT2D eigenvalue weighted by Crippen LogP contribution is -2.33. The van der Waals surface area contributed by atoms with Crippen molar-refractivity contribution in [1.29, 1.82) is 0 Å². The van der Waals surface area contributed by atoms with Gasteiger partial charge in [0.1, 0.15) is 23.7 Å². The van der Waals surface area contributed by atoms with E-state index in [9.17, 15) is 4.79 Å². The molecule has 4 rings (SSSR count). The van der Waals surface area contributed by atoms with E-state index in [-0.39, 0.29) is 11.9 Å². The molecule has 0 N–H and O–H groups in total. The Labute approximate surface area is 142 Å². The summed E-state index contributed by atoms with van der Waals surface area (Å²) in [5.74, 6) is 1.64. The molecule has 5 heteroatoms. The molecule has 1 aromatic heterocycles. The van der Waals surface area contributed by atoms with Gasteiger partial charge in [-0.15, -0.1) is 0 Å². The van der Waals surface area contributed by atoms with Crippen molar-refractivity contribution in [2.45, 2.75) is 38.8 Å². The van der Waals surface area contributed by atoms with Crippen LogP contribution in [0.1, 0.15) is 48.4 Å². The third-order valence-electron chi connectivity index (χ3n) is 4.83. The van der Waals surface area contributed by atoms with Crippen LogP contribution >= 0.6 is 0 Å². The summed E-state index contributed by atoms with van der Waals surface area (Å²) in [6.45, 7) is 4.24. The summed E-state index contributed by atoms with van der Waals surface area (Å²) in [5, 5.41) is 4.63. The molecule has 0 bridgehead atoms. The average Bonchev–Trinajstić information content (AvgIpc) is 3.34. The van der Waals surface area contributed by atoms with Crippen molar-refractivity contribution in [2.75, 3.05) is 13.1 Å². The Morgan fingerprint density at radius 1 is 1.21 bits per heavy atom. The van der Waals surface area contributed by atoms with Gasteiger partial charge in [-0.25, -0.2) is 0 Å². The number of nitrogens with zero attached hydrogens (tertiary/aromatic N) is 3. The predicted molar refractivity (Wildman–Crippen MR) is 91.0 cm³/mol. The SMILES string of the molecule is CC1CCN(CC2CC2)C(=O)c2cc(COc3ccccc3)nn21. The highest BCUT2D eigenvalue weighted by atomic mass is 16.5. The van der Waals surface area contributed by atoms with E-state index >= 15 is 0 Å². The molecule has 2 aromatic rings. The molecular formula is C19H23N3O2. The fraction of sp³-hybridized carbons (Fsp3) is 0.474. The van der Waals surface area contributed by atoms with E-state index in [0.29, 0.717) is 18.2 Å². The largest absolute Gasteiger partial charge is 0.487 e. The van der Waals surface area contributed by atoms with Crippen LogP contribution in [0.2, 0.25) is 0 Å². The number of fused-ring (bicyclic) bond motifs is 1. The van der Waals surface area contributed by atoms with Gasteiger partial charge in [0.05, 0.1) is 6.04 Å². The second kappa shape index (κ2) is 6.30. The molecule has 0 saturated heterocycles. The average molecular weight is 325 g/mol. The van der Waals surface area contributed by atoms with E-state index in [1.165, 1.54) is 12.8 Å². The van der Waals surface area contributed by atoms with Crippen LogP contribution < -0.4 is 4.74 Å². The van der Waals surface area contributed by atoms with Crippen LogP contribution in [0.4, 0.5) is 0 Å². The number of hydrogen-bond donors (Lipinski definition) is 0. The normalized spacial score (nSPS) is 20.6. The summed E-state index contributed by atoms with van der Waals surface area (Å²) >= 11 is 0. The topological polar surface area (TPSA) is 47.4 Å². The molecule has 2 aliphatic rings. The number of benzene rings is 1. The van der Waals surface area contributed by atoms with Crippen LogP contribution in [0.15, 0.2) is 36.4 Å². The maximum Gasteiger partial charge on any atom is 0.272 e. The summed E-state index contributed by atoms with van der Waals surface area (Å²) in [6, 6.07) is 11.8. The lowest BCUT2D eigenvalue weighted by Gasteiger charge is -2.19. The third-order valence-corrected chi connectivity index (χ3v) is 4.83. The molecule has 1 atom stereocenters. The highest BCUT2D eigenvalue weighted by Crippen LogP contribution is 2.31. The summed E-state index contributed by atoms with van der Waals surface area (Å²) in [7, 11) is 0. The Kier molecular flexibility index (Phi) is 4.00. The minimum absolute atomic E-state index is 0.115. The maximum absolute atomic E-state index is 12.9. The van der Waals surface area contributed by atoms with E-state index < -0.39 is 0 Å². The Morgan fingerprint density at radius 2 is 2.00 bits per heavy atom. The van der Waals surface area contributed by atoms with Gasteiger partial charge in [0.25, 0.3) is 5.91 Å². The number of amides is 1. The van der Waals surface area contributed by atoms with Gasteiger partial charge in [-0.3, -0.25) is 9.48 Å². The summed E-state index contributed by atoms with van der Waals surface area (Å²) in [6.07, 6.45) is 3.47. The number of aromatic nitrogens is 2. The highest BCUT2D eigenvalue weighted by molar-refractivity contribution is 5.93. The van der Waals surface area contributed by atoms with Crippen molar-refractivity contribution >= 4 is 5.91 Å². The number of carbonyl (C=O) groups excluding carboxylic acids is 1. The van der Waals surface area contributed by atoms with Crippen molar-refractivity contribution in [3.8, 4) is 5.75 Å². The Hall–Kier alpha value is -2.30. The van der Waals surface area contributed by atoms with Gasteiger partial charge in [0, 0.05) is 13.1 Å². The minimum atomic E-state index is 0.115. The predicted octanol–water partition coefficient (Wildman–Crippen LogP) is 3.28. The van der Waals surface area contributed by atoms with E-state index in [1.807, 2.05) is 46.0 Å². The summed E-state index contributed by atoms with van der Waals surface area (Å²) in [4.78, 5) is 14.9. The van der Waals surface area contributed by atoms with Crippen LogP contribution in [0, 0.1) is 5.92 Å². The van der Waals surface area contributed by atoms with Gasteiger partial charge in [0.2, 0.25) is 0 Å². The fourth-order valence-corrected chi connectivity index (χ4v) is 3.20. The summed E-state index contributed by atoms with van der Waals surface area (Å²) < 4.78 is 7.66. The van der Waals surface area contributed by atoms with Crippen LogP contribution in [-0.4, -0.2) is 33.7 Å². The first-order valence-electron chi connectivity index (χ1n) is 8.76. The van der Waals surface area contributed by atoms with Crippen molar-refractivity contribution in [3.05, 3.63) is 47.8 Å². The zero-order chi connectivity index (χ0) is 16.5. The quantitative estimate of drug-likeness (QED) is 0.847. The van der Waals surface area contributed by atoms with Gasteiger partial charge in [0.15, 0.2) is 0 Å². The van der Waals surface area contributed by atoms with Gasteiger partial charge < -0.3 is 9.64 Å². The van der Waals surface area contributed by atoms with E-state index in [1.54, 1.807) is 0 Å². The molecule has 0 radical (unpaired) electrons. The number of para-hydroxylation sites is 1. The van der Waals surface area contributed by atoms with Crippen LogP contribution in [-0.2, 0) is 6.61 Å². The standard InChI is InChI=1S/C19H23N3O2/c1-14-9-10-21(12-15-7-8-15)19(23)18-11-16(20-22(14)18)13-24-17-5-3-2-4-6-17/h2-6,11,14-15H,7-10,12-13H2,1H3. The van der Waals surface area contributed by atoms with Gasteiger partial charge in [-0.05, 0) is 50.3 Å². The Balaban J connectivity index is 1.51. The number of carbonyl (C=O) groups is 1. The monoisotopic (exact) mass is 325 g/mol. The lowest BCUT2D eigenvalue weighted by atomic mass is 10.2. The number of hydrogen-bond acceptors (Lipinski definition) is 3. The summed E-state index contributed by atoms with van der Waals surface area (Å²) in [5.41, 5.74) is 1.51. The molecule has 1 amide bonds.